The van der Waals surface area contributed by atoms with Gasteiger partial charge in [0.05, 0.1) is 36.7 Å². The van der Waals surface area contributed by atoms with E-state index < -0.39 is 0 Å². The van der Waals surface area contributed by atoms with Crippen molar-refractivity contribution < 1.29 is 9.53 Å². The van der Waals surface area contributed by atoms with Gasteiger partial charge in [-0.05, 0) is 33.5 Å². The first kappa shape index (κ1) is 20.1. The Hall–Kier alpha value is -2.23. The van der Waals surface area contributed by atoms with Crippen LogP contribution in [0.25, 0.3) is 0 Å². The molecule has 0 spiro atoms. The summed E-state index contributed by atoms with van der Waals surface area (Å²) < 4.78 is 8.03. The summed E-state index contributed by atoms with van der Waals surface area (Å²) in [7, 11) is 4.08. The molecule has 2 aliphatic heterocycles. The molecule has 29 heavy (non-hydrogen) atoms. The fourth-order valence-electron chi connectivity index (χ4n) is 4.36. The van der Waals surface area contributed by atoms with Crippen LogP contribution in [0.1, 0.15) is 34.1 Å². The van der Waals surface area contributed by atoms with Gasteiger partial charge in [0.1, 0.15) is 0 Å². The monoisotopic (exact) mass is 401 g/mol. The number of hydrogen-bond donors (Lipinski definition) is 1. The van der Waals surface area contributed by atoms with Crippen LogP contribution in [0, 0.1) is 6.92 Å². The van der Waals surface area contributed by atoms with Crippen molar-refractivity contribution in [2.75, 3.05) is 52.9 Å². The summed E-state index contributed by atoms with van der Waals surface area (Å²) >= 11 is 0. The Balaban J connectivity index is 1.59. The molecule has 2 atom stereocenters. The molecule has 9 nitrogen and oxygen atoms in total. The Kier molecular flexibility index (Phi) is 5.98. The van der Waals surface area contributed by atoms with Crippen LogP contribution in [-0.4, -0.2) is 99.6 Å². The molecule has 1 N–H and O–H groups in total. The van der Waals surface area contributed by atoms with E-state index >= 15 is 0 Å². The van der Waals surface area contributed by atoms with E-state index in [0.29, 0.717) is 18.7 Å². The van der Waals surface area contributed by atoms with Crippen molar-refractivity contribution in [3.63, 3.8) is 0 Å². The van der Waals surface area contributed by atoms with Gasteiger partial charge in [0.2, 0.25) is 0 Å². The number of ether oxygens (including phenoxy) is 1. The molecular weight excluding hydrogens is 370 g/mol. The Labute approximate surface area is 171 Å². The summed E-state index contributed by atoms with van der Waals surface area (Å²) in [6.45, 7) is 8.04. The van der Waals surface area contributed by atoms with Gasteiger partial charge < -0.3 is 14.5 Å². The lowest BCUT2D eigenvalue weighted by atomic mass is 9.99. The largest absolute Gasteiger partial charge is 0.373 e. The number of nitrogens with one attached hydrogen (secondary N) is 1. The van der Waals surface area contributed by atoms with E-state index in [1.807, 2.05) is 31.3 Å². The summed E-state index contributed by atoms with van der Waals surface area (Å²) in [4.78, 5) is 20.1. The number of carbonyl (C=O) groups excluding carboxylic acids is 1. The second-order valence-corrected chi connectivity index (χ2v) is 8.17. The van der Waals surface area contributed by atoms with Crippen LogP contribution < -0.4 is 0 Å². The molecule has 0 bridgehead atoms. The summed E-state index contributed by atoms with van der Waals surface area (Å²) in [6, 6.07) is -0.166. The molecule has 1 amide bonds. The zero-order valence-electron chi connectivity index (χ0n) is 17.5. The lowest BCUT2D eigenvalue weighted by Crippen LogP contribution is -2.52. The van der Waals surface area contributed by atoms with E-state index in [-0.39, 0.29) is 18.1 Å². The zero-order chi connectivity index (χ0) is 20.4. The van der Waals surface area contributed by atoms with Crippen molar-refractivity contribution in [1.82, 2.24) is 34.7 Å². The van der Waals surface area contributed by atoms with E-state index in [1.54, 1.807) is 10.9 Å². The number of aromatic nitrogens is 4. The maximum Gasteiger partial charge on any atom is 0.257 e. The van der Waals surface area contributed by atoms with Crippen molar-refractivity contribution in [1.29, 1.82) is 0 Å². The summed E-state index contributed by atoms with van der Waals surface area (Å²) in [5.41, 5.74) is 2.42. The zero-order valence-corrected chi connectivity index (χ0v) is 17.5. The molecule has 0 aromatic carbocycles. The molecule has 2 fully saturated rings. The van der Waals surface area contributed by atoms with Crippen molar-refractivity contribution in [2.24, 2.45) is 7.05 Å². The van der Waals surface area contributed by atoms with E-state index in [4.69, 9.17) is 4.74 Å². The van der Waals surface area contributed by atoms with Gasteiger partial charge >= 0.3 is 0 Å². The molecule has 0 aliphatic carbocycles. The summed E-state index contributed by atoms with van der Waals surface area (Å²) in [6.07, 6.45) is 6.52. The Morgan fingerprint density at radius 1 is 1.21 bits per heavy atom. The first-order chi connectivity index (χ1) is 14.0. The molecule has 9 heteroatoms. The summed E-state index contributed by atoms with van der Waals surface area (Å²) in [5.74, 6) is -0.00555. The summed E-state index contributed by atoms with van der Waals surface area (Å²) in [5, 5.41) is 11.3. The number of morpholine rings is 1. The van der Waals surface area contributed by atoms with Crippen LogP contribution >= 0.6 is 0 Å². The lowest BCUT2D eigenvalue weighted by molar-refractivity contribution is -0.0723. The van der Waals surface area contributed by atoms with Gasteiger partial charge in [0, 0.05) is 50.7 Å². The number of nitrogens with zero attached hydrogens (tertiary/aromatic N) is 6. The molecule has 4 rings (SSSR count). The quantitative estimate of drug-likeness (QED) is 0.811. The van der Waals surface area contributed by atoms with Gasteiger partial charge in [-0.15, -0.1) is 0 Å². The Morgan fingerprint density at radius 2 is 2.07 bits per heavy atom. The van der Waals surface area contributed by atoms with Crippen LogP contribution in [-0.2, 0) is 11.8 Å². The molecule has 0 unspecified atom stereocenters. The van der Waals surface area contributed by atoms with Gasteiger partial charge in [-0.1, -0.05) is 0 Å². The van der Waals surface area contributed by atoms with Gasteiger partial charge in [-0.2, -0.15) is 10.2 Å². The normalized spacial score (nSPS) is 24.6. The highest BCUT2D eigenvalue weighted by Crippen LogP contribution is 2.32. The molecule has 4 heterocycles. The maximum atomic E-state index is 13.4. The fourth-order valence-corrected chi connectivity index (χ4v) is 4.36. The van der Waals surface area contributed by atoms with E-state index in [2.05, 4.69) is 32.1 Å². The van der Waals surface area contributed by atoms with Crippen LogP contribution in [0.5, 0.6) is 0 Å². The van der Waals surface area contributed by atoms with Crippen LogP contribution in [0.3, 0.4) is 0 Å². The molecule has 2 aliphatic rings. The number of aryl methyl sites for hydroxylation is 2. The predicted molar refractivity (Wildman–Crippen MR) is 109 cm³/mol. The average molecular weight is 402 g/mol. The molecule has 158 valence electrons. The Bertz CT molecular complexity index is 832. The first-order valence-corrected chi connectivity index (χ1v) is 10.3. The molecule has 2 aromatic rings. The van der Waals surface area contributed by atoms with Crippen LogP contribution in [0.2, 0.25) is 0 Å². The van der Waals surface area contributed by atoms with Gasteiger partial charge in [0.15, 0.2) is 0 Å². The third kappa shape index (κ3) is 4.36. The SMILES string of the molecule is Cc1[nH]ncc1C(=O)N1CCO[C@@H](CN2CCCN(C)CC2)[C@@H]1c1cnn(C)c1. The maximum absolute atomic E-state index is 13.4. The lowest BCUT2D eigenvalue weighted by Gasteiger charge is -2.42. The van der Waals surface area contributed by atoms with Gasteiger partial charge in [-0.25, -0.2) is 0 Å². The number of carbonyl (C=O) groups is 1. The van der Waals surface area contributed by atoms with Gasteiger partial charge in [-0.3, -0.25) is 19.5 Å². The average Bonchev–Trinajstić information content (AvgIpc) is 3.27. The molecule has 0 saturated carbocycles. The number of amides is 1. The fraction of sp³-hybridized carbons (Fsp3) is 0.650. The minimum absolute atomic E-state index is 0.00555. The first-order valence-electron chi connectivity index (χ1n) is 10.3. The molecule has 0 radical (unpaired) electrons. The van der Waals surface area contributed by atoms with Crippen LogP contribution in [0.15, 0.2) is 18.6 Å². The highest BCUT2D eigenvalue weighted by molar-refractivity contribution is 5.95. The van der Waals surface area contributed by atoms with Crippen molar-refractivity contribution >= 4 is 5.91 Å². The third-order valence-corrected chi connectivity index (χ3v) is 5.99. The highest BCUT2D eigenvalue weighted by Gasteiger charge is 2.39. The minimum atomic E-state index is -0.166. The number of hydrogen-bond acceptors (Lipinski definition) is 6. The van der Waals surface area contributed by atoms with Crippen molar-refractivity contribution in [2.45, 2.75) is 25.5 Å². The second kappa shape index (κ2) is 8.64. The number of H-pyrrole nitrogens is 1. The highest BCUT2D eigenvalue weighted by atomic mass is 16.5. The topological polar surface area (TPSA) is 82.5 Å². The number of aromatic amines is 1. The molecule has 2 aromatic heterocycles. The van der Waals surface area contributed by atoms with E-state index in [9.17, 15) is 4.79 Å². The number of rotatable bonds is 4. The second-order valence-electron chi connectivity index (χ2n) is 8.17. The number of likely N-dealkylation sites (N-methyl/N-ethyl adjacent to an activating group) is 1. The standard InChI is InChI=1S/C20H31N7O2/c1-15-17(12-21-23-15)20(28)27-9-10-29-18(19(27)16-11-22-25(3)13-16)14-26-6-4-5-24(2)7-8-26/h11-13,18-19H,4-10,14H2,1-3H3,(H,21,23)/t18-,19-/m0/s1. The van der Waals surface area contributed by atoms with Crippen molar-refractivity contribution in [3.05, 3.63) is 35.4 Å². The molecular formula is C20H31N7O2. The van der Waals surface area contributed by atoms with Gasteiger partial charge in [0.25, 0.3) is 5.91 Å². The Morgan fingerprint density at radius 3 is 2.79 bits per heavy atom. The predicted octanol–water partition coefficient (Wildman–Crippen LogP) is 0.671. The van der Waals surface area contributed by atoms with E-state index in [1.165, 1.54) is 0 Å². The minimum Gasteiger partial charge on any atom is -0.373 e. The van der Waals surface area contributed by atoms with Crippen LogP contribution in [0.4, 0.5) is 0 Å². The smallest absolute Gasteiger partial charge is 0.257 e. The molecule has 2 saturated heterocycles. The van der Waals surface area contributed by atoms with E-state index in [0.717, 1.165) is 50.4 Å². The van der Waals surface area contributed by atoms with Crippen molar-refractivity contribution in [3.8, 4) is 0 Å². The third-order valence-electron chi connectivity index (χ3n) is 5.99.